The van der Waals surface area contributed by atoms with Crippen molar-refractivity contribution in [3.05, 3.63) is 24.3 Å². The lowest BCUT2D eigenvalue weighted by molar-refractivity contribution is -0.124. The fourth-order valence-electron chi connectivity index (χ4n) is 2.53. The van der Waals surface area contributed by atoms with E-state index in [0.717, 1.165) is 19.1 Å². The van der Waals surface area contributed by atoms with Gasteiger partial charge in [0.15, 0.2) is 9.84 Å². The van der Waals surface area contributed by atoms with Gasteiger partial charge in [-0.25, -0.2) is 8.42 Å². The number of rotatable bonds is 7. The van der Waals surface area contributed by atoms with Gasteiger partial charge in [0.2, 0.25) is 5.91 Å². The molecule has 1 unspecified atom stereocenters. The molecule has 1 aromatic carbocycles. The van der Waals surface area contributed by atoms with Crippen LogP contribution >= 0.6 is 12.4 Å². The van der Waals surface area contributed by atoms with Crippen LogP contribution in [-0.2, 0) is 19.4 Å². The molecule has 142 valence electrons. The van der Waals surface area contributed by atoms with Crippen molar-refractivity contribution >= 4 is 28.2 Å². The molecule has 0 aromatic heterocycles. The molecule has 1 aliphatic heterocycles. The maximum absolute atomic E-state index is 12.0. The SMILES string of the molecule is CS(=O)(=O)c1ccc(OCCNC(=O)C(N)C2CCOCC2)cc1.Cl. The van der Waals surface area contributed by atoms with Crippen LogP contribution < -0.4 is 15.8 Å². The molecule has 0 saturated carbocycles. The molecule has 9 heteroatoms. The number of nitrogens with two attached hydrogens (primary N) is 1. The van der Waals surface area contributed by atoms with Crippen LogP contribution in [0.4, 0.5) is 0 Å². The van der Waals surface area contributed by atoms with E-state index in [1.807, 2.05) is 0 Å². The van der Waals surface area contributed by atoms with Gasteiger partial charge in [-0.15, -0.1) is 12.4 Å². The smallest absolute Gasteiger partial charge is 0.237 e. The van der Waals surface area contributed by atoms with Gasteiger partial charge in [0.05, 0.1) is 17.5 Å². The molecule has 1 fully saturated rings. The van der Waals surface area contributed by atoms with E-state index in [1.54, 1.807) is 12.1 Å². The van der Waals surface area contributed by atoms with E-state index in [-0.39, 0.29) is 35.7 Å². The molecule has 0 radical (unpaired) electrons. The number of hydrogen-bond donors (Lipinski definition) is 2. The van der Waals surface area contributed by atoms with Crippen molar-refractivity contribution < 1.29 is 22.7 Å². The largest absolute Gasteiger partial charge is 0.492 e. The topological polar surface area (TPSA) is 108 Å². The van der Waals surface area contributed by atoms with Gasteiger partial charge in [0, 0.05) is 19.5 Å². The molecule has 0 spiro atoms. The first-order valence-corrected chi connectivity index (χ1v) is 9.81. The molecule has 0 aliphatic carbocycles. The summed E-state index contributed by atoms with van der Waals surface area (Å²) in [5.74, 6) is 0.520. The quantitative estimate of drug-likeness (QED) is 0.663. The van der Waals surface area contributed by atoms with Crippen molar-refractivity contribution in [2.75, 3.05) is 32.6 Å². The zero-order valence-electron chi connectivity index (χ0n) is 14.1. The molecular formula is C16H25ClN2O5S. The molecule has 7 nitrogen and oxygen atoms in total. The van der Waals surface area contributed by atoms with Gasteiger partial charge >= 0.3 is 0 Å². The molecule has 1 amide bonds. The average molecular weight is 393 g/mol. The summed E-state index contributed by atoms with van der Waals surface area (Å²) < 4.78 is 33.5. The fraction of sp³-hybridized carbons (Fsp3) is 0.562. The Hall–Kier alpha value is -1.35. The maximum Gasteiger partial charge on any atom is 0.237 e. The summed E-state index contributed by atoms with van der Waals surface area (Å²) in [6, 6.07) is 5.63. The predicted octanol–water partition coefficient (Wildman–Crippen LogP) is 0.761. The molecule has 25 heavy (non-hydrogen) atoms. The molecule has 1 aliphatic rings. The van der Waals surface area contributed by atoms with E-state index in [1.165, 1.54) is 12.1 Å². The van der Waals surface area contributed by atoms with Gasteiger partial charge in [-0.1, -0.05) is 0 Å². The van der Waals surface area contributed by atoms with Crippen LogP contribution in [0, 0.1) is 5.92 Å². The van der Waals surface area contributed by atoms with E-state index in [4.69, 9.17) is 15.2 Å². The number of halogens is 1. The third-order valence-electron chi connectivity index (χ3n) is 4.00. The average Bonchev–Trinajstić information content (AvgIpc) is 2.58. The molecule has 2 rings (SSSR count). The predicted molar refractivity (Wildman–Crippen MR) is 96.8 cm³/mol. The standard InChI is InChI=1S/C16H24N2O5S.ClH/c1-24(20,21)14-4-2-13(3-5-14)23-11-8-18-16(19)15(17)12-6-9-22-10-7-12;/h2-5,12,15H,6-11,17H2,1H3,(H,18,19);1H. The van der Waals surface area contributed by atoms with Crippen LogP contribution in [0.5, 0.6) is 5.75 Å². The molecular weight excluding hydrogens is 368 g/mol. The van der Waals surface area contributed by atoms with Crippen LogP contribution in [0.25, 0.3) is 0 Å². The fourth-order valence-corrected chi connectivity index (χ4v) is 3.16. The zero-order chi connectivity index (χ0) is 17.6. The van der Waals surface area contributed by atoms with E-state index >= 15 is 0 Å². The van der Waals surface area contributed by atoms with Crippen molar-refractivity contribution in [3.63, 3.8) is 0 Å². The number of sulfone groups is 1. The highest BCUT2D eigenvalue weighted by molar-refractivity contribution is 7.90. The Morgan fingerprint density at radius 2 is 1.92 bits per heavy atom. The molecule has 1 atom stereocenters. The van der Waals surface area contributed by atoms with Gasteiger partial charge in [-0.2, -0.15) is 0 Å². The summed E-state index contributed by atoms with van der Waals surface area (Å²) in [5.41, 5.74) is 5.98. The lowest BCUT2D eigenvalue weighted by Crippen LogP contribution is -2.47. The Morgan fingerprint density at radius 1 is 1.32 bits per heavy atom. The Kier molecular flexibility index (Phi) is 8.64. The number of amides is 1. The molecule has 1 saturated heterocycles. The van der Waals surface area contributed by atoms with Crippen molar-refractivity contribution in [1.82, 2.24) is 5.32 Å². The minimum Gasteiger partial charge on any atom is -0.492 e. The minimum atomic E-state index is -3.21. The lowest BCUT2D eigenvalue weighted by Gasteiger charge is -2.26. The van der Waals surface area contributed by atoms with Crippen LogP contribution in [0.3, 0.4) is 0 Å². The Morgan fingerprint density at radius 3 is 2.48 bits per heavy atom. The first-order chi connectivity index (χ1) is 11.4. The Bertz CT molecular complexity index is 645. The summed E-state index contributed by atoms with van der Waals surface area (Å²) in [6.45, 7) is 1.92. The lowest BCUT2D eigenvalue weighted by atomic mass is 9.92. The van der Waals surface area contributed by atoms with Crippen LogP contribution in [-0.4, -0.2) is 53.0 Å². The summed E-state index contributed by atoms with van der Waals surface area (Å²) in [7, 11) is -3.21. The van der Waals surface area contributed by atoms with E-state index in [0.29, 0.717) is 25.5 Å². The van der Waals surface area contributed by atoms with Gasteiger partial charge in [-0.3, -0.25) is 4.79 Å². The number of benzene rings is 1. The minimum absolute atomic E-state index is 0. The third kappa shape index (κ3) is 6.81. The highest BCUT2D eigenvalue weighted by Crippen LogP contribution is 2.18. The second-order valence-electron chi connectivity index (χ2n) is 5.86. The number of ether oxygens (including phenoxy) is 2. The number of carbonyl (C=O) groups is 1. The van der Waals surface area contributed by atoms with Crippen LogP contribution in [0.15, 0.2) is 29.2 Å². The van der Waals surface area contributed by atoms with Crippen LogP contribution in [0.2, 0.25) is 0 Å². The normalized spacial score (nSPS) is 16.6. The van der Waals surface area contributed by atoms with Gasteiger partial charge < -0.3 is 20.5 Å². The van der Waals surface area contributed by atoms with E-state index in [9.17, 15) is 13.2 Å². The molecule has 1 aromatic rings. The number of nitrogens with one attached hydrogen (secondary N) is 1. The monoisotopic (exact) mass is 392 g/mol. The number of hydrogen-bond acceptors (Lipinski definition) is 6. The Labute approximate surface area is 154 Å². The van der Waals surface area contributed by atoms with Gasteiger partial charge in [0.1, 0.15) is 12.4 Å². The van der Waals surface area contributed by atoms with Gasteiger partial charge in [-0.05, 0) is 43.0 Å². The Balaban J connectivity index is 0.00000312. The van der Waals surface area contributed by atoms with Crippen molar-refractivity contribution in [2.45, 2.75) is 23.8 Å². The van der Waals surface area contributed by atoms with Crippen molar-refractivity contribution in [3.8, 4) is 5.75 Å². The number of carbonyl (C=O) groups excluding carboxylic acids is 1. The van der Waals surface area contributed by atoms with Crippen molar-refractivity contribution in [1.29, 1.82) is 0 Å². The first-order valence-electron chi connectivity index (χ1n) is 7.92. The zero-order valence-corrected chi connectivity index (χ0v) is 15.8. The maximum atomic E-state index is 12.0. The summed E-state index contributed by atoms with van der Waals surface area (Å²) in [4.78, 5) is 12.3. The summed E-state index contributed by atoms with van der Waals surface area (Å²) in [5, 5.41) is 2.76. The van der Waals surface area contributed by atoms with Crippen molar-refractivity contribution in [2.24, 2.45) is 11.7 Å². The molecule has 1 heterocycles. The third-order valence-corrected chi connectivity index (χ3v) is 5.13. The van der Waals surface area contributed by atoms with Crippen LogP contribution in [0.1, 0.15) is 12.8 Å². The molecule has 0 bridgehead atoms. The van der Waals surface area contributed by atoms with E-state index < -0.39 is 15.9 Å². The highest BCUT2D eigenvalue weighted by atomic mass is 35.5. The van der Waals surface area contributed by atoms with E-state index in [2.05, 4.69) is 5.32 Å². The second-order valence-corrected chi connectivity index (χ2v) is 7.87. The second kappa shape index (κ2) is 9.96. The first kappa shape index (κ1) is 21.7. The summed E-state index contributed by atoms with van der Waals surface area (Å²) >= 11 is 0. The van der Waals surface area contributed by atoms with Gasteiger partial charge in [0.25, 0.3) is 0 Å². The molecule has 3 N–H and O–H groups in total. The summed E-state index contributed by atoms with van der Waals surface area (Å²) in [6.07, 6.45) is 2.76. The highest BCUT2D eigenvalue weighted by Gasteiger charge is 2.26.